The molecule has 2 aromatic heterocycles. The highest BCUT2D eigenvalue weighted by atomic mass is 79.9. The van der Waals surface area contributed by atoms with E-state index in [0.29, 0.717) is 5.69 Å². The number of halogens is 3. The van der Waals surface area contributed by atoms with Gasteiger partial charge in [-0.05, 0) is 34.1 Å². The van der Waals surface area contributed by atoms with Gasteiger partial charge in [0.25, 0.3) is 0 Å². The third kappa shape index (κ3) is 2.17. The van der Waals surface area contributed by atoms with Crippen LogP contribution in [0.2, 0.25) is 4.34 Å². The summed E-state index contributed by atoms with van der Waals surface area (Å²) in [5, 5.41) is 7.43. The van der Waals surface area contributed by atoms with E-state index in [0.717, 1.165) is 16.1 Å². The maximum atomic E-state index is 13.3. The lowest BCUT2D eigenvalue weighted by atomic mass is 10.3. The van der Waals surface area contributed by atoms with Crippen molar-refractivity contribution in [2.45, 2.75) is 0 Å². The molecule has 0 aliphatic rings. The van der Waals surface area contributed by atoms with E-state index in [-0.39, 0.29) is 20.3 Å². The minimum Gasteiger partial charge on any atom is -0.295 e. The minimum atomic E-state index is -0.734. The van der Waals surface area contributed by atoms with Gasteiger partial charge in [0.1, 0.15) is 10.2 Å². The number of nitrogens with zero attached hydrogens (tertiary/aromatic N) is 4. The molecule has 20 heavy (non-hydrogen) atoms. The molecule has 102 valence electrons. The third-order valence-electron chi connectivity index (χ3n) is 2.43. The lowest BCUT2D eigenvalue weighted by Gasteiger charge is -2.03. The number of hydrogen-bond donors (Lipinski definition) is 0. The molecule has 0 N–H and O–H groups in total. The van der Waals surface area contributed by atoms with Gasteiger partial charge in [0.2, 0.25) is 5.82 Å². The first kappa shape index (κ1) is 13.4. The summed E-state index contributed by atoms with van der Waals surface area (Å²) in [6.07, 6.45) is 0. The Labute approximate surface area is 128 Å². The van der Waals surface area contributed by atoms with Crippen LogP contribution in [0, 0.1) is 5.82 Å². The topological polar surface area (TPSA) is 73.8 Å². The van der Waals surface area contributed by atoms with E-state index in [1.165, 1.54) is 18.2 Å². The summed E-state index contributed by atoms with van der Waals surface area (Å²) in [6.45, 7) is 0. The van der Waals surface area contributed by atoms with Gasteiger partial charge in [-0.15, -0.1) is 5.10 Å². The SMILES string of the molecule is O=c1onc(-c2nnsc2Cl)n1-c1ccc(F)c(Br)c1. The van der Waals surface area contributed by atoms with Crippen LogP contribution in [0.15, 0.2) is 32.0 Å². The number of benzene rings is 1. The summed E-state index contributed by atoms with van der Waals surface area (Å²) >= 11 is 9.93. The van der Waals surface area contributed by atoms with E-state index in [4.69, 9.17) is 11.6 Å². The van der Waals surface area contributed by atoms with E-state index in [1.54, 1.807) is 0 Å². The molecule has 2 heterocycles. The average molecular weight is 378 g/mol. The minimum absolute atomic E-state index is 0.104. The highest BCUT2D eigenvalue weighted by Gasteiger charge is 2.20. The lowest BCUT2D eigenvalue weighted by molar-refractivity contribution is 0.383. The van der Waals surface area contributed by atoms with E-state index in [1.807, 2.05) is 0 Å². The monoisotopic (exact) mass is 376 g/mol. The Kier molecular flexibility index (Phi) is 3.40. The molecule has 3 rings (SSSR count). The second kappa shape index (κ2) is 5.08. The molecule has 0 aliphatic heterocycles. The first-order chi connectivity index (χ1) is 9.58. The quantitative estimate of drug-likeness (QED) is 0.686. The molecule has 10 heteroatoms. The van der Waals surface area contributed by atoms with Crippen LogP contribution in [0.1, 0.15) is 0 Å². The molecule has 0 saturated carbocycles. The number of hydrogen-bond acceptors (Lipinski definition) is 6. The number of aromatic nitrogens is 4. The summed E-state index contributed by atoms with van der Waals surface area (Å²) in [6, 6.07) is 4.05. The Morgan fingerprint density at radius 2 is 2.25 bits per heavy atom. The summed E-state index contributed by atoms with van der Waals surface area (Å²) < 4.78 is 23.2. The zero-order valence-corrected chi connectivity index (χ0v) is 12.5. The molecule has 0 amide bonds. The Balaban J connectivity index is 2.24. The third-order valence-corrected chi connectivity index (χ3v) is 3.94. The molecule has 0 radical (unpaired) electrons. The standard InChI is InChI=1S/C10H3BrClFN4O2S/c11-5-3-4(1-2-6(5)13)17-9(15-19-10(17)18)7-8(12)20-16-14-7/h1-3H. The van der Waals surface area contributed by atoms with Crippen LogP contribution in [-0.2, 0) is 0 Å². The van der Waals surface area contributed by atoms with Gasteiger partial charge in [0.05, 0.1) is 10.2 Å². The van der Waals surface area contributed by atoms with Gasteiger partial charge >= 0.3 is 5.76 Å². The molecule has 0 unspecified atom stereocenters. The molecule has 0 fully saturated rings. The van der Waals surface area contributed by atoms with Gasteiger partial charge in [0, 0.05) is 11.5 Å². The second-order valence-corrected chi connectivity index (χ2v) is 5.81. The fraction of sp³-hybridized carbons (Fsp3) is 0. The molecule has 6 nitrogen and oxygen atoms in total. The fourth-order valence-electron chi connectivity index (χ4n) is 1.56. The van der Waals surface area contributed by atoms with Crippen molar-refractivity contribution in [1.29, 1.82) is 0 Å². The first-order valence-electron chi connectivity index (χ1n) is 5.10. The van der Waals surface area contributed by atoms with Crippen molar-refractivity contribution >= 4 is 39.1 Å². The van der Waals surface area contributed by atoms with Crippen LogP contribution in [0.25, 0.3) is 17.2 Å². The molecular formula is C10H3BrClFN4O2S. The van der Waals surface area contributed by atoms with Gasteiger partial charge in [-0.25, -0.2) is 13.8 Å². The Bertz CT molecular complexity index is 846. The van der Waals surface area contributed by atoms with Crippen molar-refractivity contribution in [3.05, 3.63) is 43.4 Å². The van der Waals surface area contributed by atoms with E-state index >= 15 is 0 Å². The van der Waals surface area contributed by atoms with Crippen molar-refractivity contribution in [1.82, 2.24) is 19.3 Å². The molecule has 1 aromatic carbocycles. The maximum Gasteiger partial charge on any atom is 0.446 e. The van der Waals surface area contributed by atoms with Crippen LogP contribution in [0.3, 0.4) is 0 Å². The second-order valence-electron chi connectivity index (χ2n) is 3.60. The normalized spacial score (nSPS) is 10.9. The van der Waals surface area contributed by atoms with Gasteiger partial charge in [-0.3, -0.25) is 4.52 Å². The first-order valence-corrected chi connectivity index (χ1v) is 7.04. The molecule has 0 aliphatic carbocycles. The summed E-state index contributed by atoms with van der Waals surface area (Å²) in [5.74, 6) is -1.08. The van der Waals surface area contributed by atoms with Gasteiger partial charge < -0.3 is 0 Å². The van der Waals surface area contributed by atoms with Crippen LogP contribution in [0.4, 0.5) is 4.39 Å². The van der Waals surface area contributed by atoms with E-state index in [9.17, 15) is 9.18 Å². The van der Waals surface area contributed by atoms with Gasteiger partial charge in [0.15, 0.2) is 5.69 Å². The molecule has 0 atom stereocenters. The van der Waals surface area contributed by atoms with E-state index < -0.39 is 11.6 Å². The zero-order chi connectivity index (χ0) is 14.3. The molecule has 0 bridgehead atoms. The summed E-state index contributed by atoms with van der Waals surface area (Å²) in [4.78, 5) is 11.8. The van der Waals surface area contributed by atoms with Gasteiger partial charge in [-0.2, -0.15) is 0 Å². The Morgan fingerprint density at radius 1 is 1.45 bits per heavy atom. The van der Waals surface area contributed by atoms with Crippen molar-refractivity contribution in [2.75, 3.05) is 0 Å². The molecule has 3 aromatic rings. The predicted octanol–water partition coefficient (Wildman–Crippen LogP) is 2.90. The highest BCUT2D eigenvalue weighted by molar-refractivity contribution is 9.10. The summed E-state index contributed by atoms with van der Waals surface area (Å²) in [5.41, 5.74) is 0.589. The largest absolute Gasteiger partial charge is 0.446 e. The van der Waals surface area contributed by atoms with Crippen LogP contribution >= 0.6 is 39.1 Å². The van der Waals surface area contributed by atoms with Crippen molar-refractivity contribution in [3.63, 3.8) is 0 Å². The van der Waals surface area contributed by atoms with E-state index in [2.05, 4.69) is 35.2 Å². The van der Waals surface area contributed by atoms with Crippen molar-refractivity contribution < 1.29 is 8.91 Å². The Hall–Kier alpha value is -1.58. The number of rotatable bonds is 2. The molecule has 0 spiro atoms. The maximum absolute atomic E-state index is 13.3. The predicted molar refractivity (Wildman–Crippen MR) is 73.7 cm³/mol. The van der Waals surface area contributed by atoms with Crippen molar-refractivity contribution in [3.8, 4) is 17.2 Å². The lowest BCUT2D eigenvalue weighted by Crippen LogP contribution is -2.13. The fourth-order valence-corrected chi connectivity index (χ4v) is 2.56. The Morgan fingerprint density at radius 3 is 2.90 bits per heavy atom. The average Bonchev–Trinajstić information content (AvgIpc) is 2.99. The van der Waals surface area contributed by atoms with Gasteiger partial charge in [-0.1, -0.05) is 21.2 Å². The zero-order valence-electron chi connectivity index (χ0n) is 9.38. The van der Waals surface area contributed by atoms with Crippen LogP contribution in [-0.4, -0.2) is 19.3 Å². The van der Waals surface area contributed by atoms with Crippen molar-refractivity contribution in [2.24, 2.45) is 0 Å². The van der Waals surface area contributed by atoms with Crippen LogP contribution in [0.5, 0.6) is 0 Å². The molecular weight excluding hydrogens is 375 g/mol. The summed E-state index contributed by atoms with van der Waals surface area (Å²) in [7, 11) is 0. The highest BCUT2D eigenvalue weighted by Crippen LogP contribution is 2.28. The smallest absolute Gasteiger partial charge is 0.295 e. The molecule has 0 saturated heterocycles. The van der Waals surface area contributed by atoms with Crippen LogP contribution < -0.4 is 5.76 Å².